The van der Waals surface area contributed by atoms with Gasteiger partial charge in [0.25, 0.3) is 5.95 Å². The van der Waals surface area contributed by atoms with Crippen LogP contribution in [0.5, 0.6) is 0 Å². The van der Waals surface area contributed by atoms with E-state index in [1.54, 1.807) is 41.8 Å². The third-order valence-electron chi connectivity index (χ3n) is 2.53. The van der Waals surface area contributed by atoms with Gasteiger partial charge in [-0.1, -0.05) is 24.3 Å². The standard InChI is InChI=1S/C17H19NO3SSi/c1-23(2,3)21-16(13-18-12-15-10-7-11-22-15)20-17(19)14-8-5-4-6-9-14/h4-13H,1-3H3/b16-13-,18-12?. The number of rotatable bonds is 6. The molecular weight excluding hydrogens is 326 g/mol. The van der Waals surface area contributed by atoms with Crippen LogP contribution in [0.25, 0.3) is 0 Å². The van der Waals surface area contributed by atoms with E-state index in [0.29, 0.717) is 5.56 Å². The van der Waals surface area contributed by atoms with Crippen molar-refractivity contribution in [2.24, 2.45) is 4.99 Å². The Hall–Kier alpha value is -2.18. The largest absolute Gasteiger partial charge is 0.518 e. The minimum atomic E-state index is -1.92. The third kappa shape index (κ3) is 6.21. The lowest BCUT2D eigenvalue weighted by Gasteiger charge is -2.20. The van der Waals surface area contributed by atoms with Crippen molar-refractivity contribution in [2.75, 3.05) is 0 Å². The van der Waals surface area contributed by atoms with Gasteiger partial charge in [-0.2, -0.15) is 0 Å². The van der Waals surface area contributed by atoms with Crippen molar-refractivity contribution < 1.29 is 14.0 Å². The summed E-state index contributed by atoms with van der Waals surface area (Å²) in [4.78, 5) is 17.4. The van der Waals surface area contributed by atoms with Crippen LogP contribution in [0, 0.1) is 0 Å². The van der Waals surface area contributed by atoms with Gasteiger partial charge in [0, 0.05) is 11.1 Å². The lowest BCUT2D eigenvalue weighted by Crippen LogP contribution is -2.26. The van der Waals surface area contributed by atoms with Crippen LogP contribution in [-0.4, -0.2) is 20.5 Å². The molecule has 2 aromatic rings. The van der Waals surface area contributed by atoms with Crippen LogP contribution in [0.3, 0.4) is 0 Å². The second-order valence-electron chi connectivity index (χ2n) is 5.71. The van der Waals surface area contributed by atoms with Gasteiger partial charge in [-0.3, -0.25) is 4.99 Å². The van der Waals surface area contributed by atoms with Crippen LogP contribution < -0.4 is 0 Å². The number of ether oxygens (including phenoxy) is 1. The molecular formula is C17H19NO3SSi. The molecule has 1 aromatic heterocycles. The fourth-order valence-corrected chi connectivity index (χ4v) is 2.93. The fourth-order valence-electron chi connectivity index (χ4n) is 1.64. The van der Waals surface area contributed by atoms with Gasteiger partial charge in [0.15, 0.2) is 0 Å². The summed E-state index contributed by atoms with van der Waals surface area (Å²) in [6.07, 6.45) is 3.15. The van der Waals surface area contributed by atoms with E-state index in [1.807, 2.05) is 43.2 Å². The Morgan fingerprint density at radius 2 is 1.87 bits per heavy atom. The number of hydrogen-bond acceptors (Lipinski definition) is 5. The maximum Gasteiger partial charge on any atom is 0.345 e. The summed E-state index contributed by atoms with van der Waals surface area (Å²) in [7, 11) is -1.92. The molecule has 0 radical (unpaired) electrons. The molecule has 0 spiro atoms. The van der Waals surface area contributed by atoms with E-state index in [4.69, 9.17) is 9.16 Å². The normalized spacial score (nSPS) is 12.4. The van der Waals surface area contributed by atoms with E-state index < -0.39 is 14.3 Å². The van der Waals surface area contributed by atoms with Crippen molar-refractivity contribution in [3.8, 4) is 0 Å². The molecule has 0 atom stereocenters. The monoisotopic (exact) mass is 345 g/mol. The van der Waals surface area contributed by atoms with Crippen LogP contribution in [-0.2, 0) is 9.16 Å². The Bertz CT molecular complexity index is 688. The van der Waals surface area contributed by atoms with Crippen LogP contribution in [0.4, 0.5) is 0 Å². The number of benzene rings is 1. The molecule has 0 amide bonds. The van der Waals surface area contributed by atoms with Gasteiger partial charge in [-0.15, -0.1) is 11.3 Å². The topological polar surface area (TPSA) is 47.9 Å². The molecule has 6 heteroatoms. The average Bonchev–Trinajstić information content (AvgIpc) is 2.99. The average molecular weight is 345 g/mol. The Morgan fingerprint density at radius 3 is 2.48 bits per heavy atom. The number of esters is 1. The summed E-state index contributed by atoms with van der Waals surface area (Å²) in [5.74, 6) is -0.327. The molecule has 23 heavy (non-hydrogen) atoms. The zero-order valence-electron chi connectivity index (χ0n) is 13.4. The van der Waals surface area contributed by atoms with Crippen LogP contribution >= 0.6 is 11.3 Å². The lowest BCUT2D eigenvalue weighted by atomic mass is 10.2. The molecule has 1 heterocycles. The van der Waals surface area contributed by atoms with Crippen molar-refractivity contribution in [1.82, 2.24) is 0 Å². The van der Waals surface area contributed by atoms with Crippen molar-refractivity contribution in [2.45, 2.75) is 19.6 Å². The molecule has 0 aliphatic carbocycles. The first-order valence-electron chi connectivity index (χ1n) is 7.17. The molecule has 0 bridgehead atoms. The zero-order valence-corrected chi connectivity index (χ0v) is 15.2. The summed E-state index contributed by atoms with van der Waals surface area (Å²) in [6, 6.07) is 12.7. The van der Waals surface area contributed by atoms with E-state index >= 15 is 0 Å². The molecule has 4 nitrogen and oxygen atoms in total. The molecule has 0 saturated heterocycles. The van der Waals surface area contributed by atoms with Crippen molar-refractivity contribution in [3.63, 3.8) is 0 Å². The van der Waals surface area contributed by atoms with Gasteiger partial charge >= 0.3 is 5.97 Å². The minimum Gasteiger partial charge on any atom is -0.518 e. The SMILES string of the molecule is C[Si](C)(C)O/C(=C\N=Cc1cccs1)OC(=O)c1ccccc1. The maximum absolute atomic E-state index is 12.2. The maximum atomic E-state index is 12.2. The highest BCUT2D eigenvalue weighted by Crippen LogP contribution is 2.14. The summed E-state index contributed by atoms with van der Waals surface area (Å²) in [6.45, 7) is 6.04. The Kier molecular flexibility index (Phi) is 5.89. The van der Waals surface area contributed by atoms with Crippen molar-refractivity contribution in [1.29, 1.82) is 0 Å². The Labute approximate surface area is 141 Å². The van der Waals surface area contributed by atoms with Gasteiger partial charge < -0.3 is 9.16 Å². The predicted molar refractivity (Wildman–Crippen MR) is 96.3 cm³/mol. The quantitative estimate of drug-likeness (QED) is 0.331. The molecule has 2 rings (SSSR count). The molecule has 120 valence electrons. The van der Waals surface area contributed by atoms with E-state index in [-0.39, 0.29) is 5.95 Å². The van der Waals surface area contributed by atoms with Gasteiger partial charge in [-0.05, 0) is 43.2 Å². The molecule has 0 saturated carbocycles. The number of thiophene rings is 1. The number of carbonyl (C=O) groups is 1. The van der Waals surface area contributed by atoms with Crippen LogP contribution in [0.15, 0.2) is 65.0 Å². The van der Waals surface area contributed by atoms with Crippen LogP contribution in [0.1, 0.15) is 15.2 Å². The highest BCUT2D eigenvalue weighted by Gasteiger charge is 2.21. The molecule has 1 aromatic carbocycles. The predicted octanol–water partition coefficient (Wildman–Crippen LogP) is 4.67. The first-order chi connectivity index (χ1) is 10.9. The minimum absolute atomic E-state index is 0.130. The fraction of sp³-hybridized carbons (Fsp3) is 0.176. The van der Waals surface area contributed by atoms with Gasteiger partial charge in [0.05, 0.1) is 5.56 Å². The molecule has 0 N–H and O–H groups in total. The van der Waals surface area contributed by atoms with E-state index in [1.165, 1.54) is 6.20 Å². The van der Waals surface area contributed by atoms with Gasteiger partial charge in [0.2, 0.25) is 8.32 Å². The number of carbonyl (C=O) groups excluding carboxylic acids is 1. The smallest absolute Gasteiger partial charge is 0.345 e. The van der Waals surface area contributed by atoms with Gasteiger partial charge in [0.1, 0.15) is 6.20 Å². The van der Waals surface area contributed by atoms with Crippen molar-refractivity contribution >= 4 is 31.8 Å². The Morgan fingerprint density at radius 1 is 1.13 bits per heavy atom. The molecule has 0 unspecified atom stereocenters. The Balaban J connectivity index is 2.12. The summed E-state index contributed by atoms with van der Waals surface area (Å²) in [5, 5.41) is 1.97. The summed E-state index contributed by atoms with van der Waals surface area (Å²) in [5.41, 5.74) is 0.472. The van der Waals surface area contributed by atoms with E-state index in [2.05, 4.69) is 4.99 Å². The number of nitrogens with zero attached hydrogens (tertiary/aromatic N) is 1. The summed E-state index contributed by atoms with van der Waals surface area (Å²) < 4.78 is 11.2. The third-order valence-corrected chi connectivity index (χ3v) is 4.15. The van der Waals surface area contributed by atoms with Gasteiger partial charge in [-0.25, -0.2) is 4.79 Å². The van der Waals surface area contributed by atoms with Crippen molar-refractivity contribution in [3.05, 3.63) is 70.4 Å². The molecule has 0 aliphatic rings. The summed E-state index contributed by atoms with van der Waals surface area (Å²) >= 11 is 1.58. The number of aliphatic imine (C=N–C) groups is 1. The second-order valence-corrected chi connectivity index (χ2v) is 11.1. The molecule has 0 fully saturated rings. The highest BCUT2D eigenvalue weighted by atomic mass is 32.1. The van der Waals surface area contributed by atoms with E-state index in [9.17, 15) is 4.79 Å². The van der Waals surface area contributed by atoms with E-state index in [0.717, 1.165) is 4.88 Å². The molecule has 0 aliphatic heterocycles. The second kappa shape index (κ2) is 7.89. The first kappa shape index (κ1) is 17.2. The number of hydrogen-bond donors (Lipinski definition) is 0. The zero-order chi connectivity index (χ0) is 16.7. The first-order valence-corrected chi connectivity index (χ1v) is 11.5. The lowest BCUT2D eigenvalue weighted by molar-refractivity contribution is 0.0467. The highest BCUT2D eigenvalue weighted by molar-refractivity contribution is 7.11. The van der Waals surface area contributed by atoms with Crippen LogP contribution in [0.2, 0.25) is 19.6 Å².